The molecule has 0 atom stereocenters. The number of anilines is 2. The van der Waals surface area contributed by atoms with Crippen molar-refractivity contribution in [3.05, 3.63) is 63.0 Å². The first-order valence-electron chi connectivity index (χ1n) is 8.30. The zero-order valence-electron chi connectivity index (χ0n) is 15.7. The smallest absolute Gasteiger partial charge is 0.295 e. The molecule has 0 unspecified atom stereocenters. The van der Waals surface area contributed by atoms with E-state index < -0.39 is 27.3 Å². The van der Waals surface area contributed by atoms with Crippen molar-refractivity contribution in [1.82, 2.24) is 19.8 Å². The molecule has 0 aliphatic rings. The average Bonchev–Trinajstić information content (AvgIpc) is 3.07. The number of carbonyl (C=O) groups excluding carboxylic acids is 1. The highest BCUT2D eigenvalue weighted by molar-refractivity contribution is 7.93. The number of sulfonamides is 1. The molecular weight excluding hydrogens is 500 g/mol. The molecule has 0 bridgehead atoms. The Balaban J connectivity index is 1.85. The third-order valence-corrected chi connectivity index (χ3v) is 5.73. The quantitative estimate of drug-likeness (QED) is 0.538. The van der Waals surface area contributed by atoms with Gasteiger partial charge in [0.25, 0.3) is 0 Å². The van der Waals surface area contributed by atoms with Crippen LogP contribution in [0, 0.1) is 0 Å². The van der Waals surface area contributed by atoms with Crippen LogP contribution < -0.4 is 15.3 Å². The zero-order valence-corrected chi connectivity index (χ0v) is 18.0. The number of tetrazole rings is 1. The van der Waals surface area contributed by atoms with E-state index in [1.54, 1.807) is 6.07 Å². The predicted molar refractivity (Wildman–Crippen MR) is 110 cm³/mol. The number of rotatable bonds is 4. The first-order valence-corrected chi connectivity index (χ1v) is 10.5. The number of halogens is 5. The first-order chi connectivity index (χ1) is 14.8. The molecule has 0 fully saturated rings. The van der Waals surface area contributed by atoms with Crippen LogP contribution in [0.4, 0.5) is 29.3 Å². The SMILES string of the molecule is CN(C(=O)n1nnn(-c2c(Cl)cccc2Cl)c1=O)c1ccc(NS(=O)(=O)C(F)(F)F)cc1. The van der Waals surface area contributed by atoms with Crippen LogP contribution in [0.2, 0.25) is 10.0 Å². The van der Waals surface area contributed by atoms with Gasteiger partial charge in [0.05, 0.1) is 10.0 Å². The first kappa shape index (κ1) is 23.6. The van der Waals surface area contributed by atoms with E-state index in [1.807, 2.05) is 0 Å². The van der Waals surface area contributed by atoms with Crippen LogP contribution in [0.3, 0.4) is 0 Å². The van der Waals surface area contributed by atoms with Crippen molar-refractivity contribution in [2.75, 3.05) is 16.7 Å². The maximum absolute atomic E-state index is 12.7. The van der Waals surface area contributed by atoms with Gasteiger partial charge in [0.15, 0.2) is 0 Å². The van der Waals surface area contributed by atoms with Gasteiger partial charge in [0, 0.05) is 18.4 Å². The number of nitrogens with one attached hydrogen (secondary N) is 1. The van der Waals surface area contributed by atoms with Gasteiger partial charge in [-0.05, 0) is 46.8 Å². The Kier molecular flexibility index (Phi) is 6.22. The summed E-state index contributed by atoms with van der Waals surface area (Å²) in [6, 6.07) is 7.82. The molecule has 0 aliphatic heterocycles. The average molecular weight is 511 g/mol. The van der Waals surface area contributed by atoms with Gasteiger partial charge in [-0.2, -0.15) is 26.3 Å². The number of benzene rings is 2. The predicted octanol–water partition coefficient (Wildman–Crippen LogP) is 3.10. The maximum atomic E-state index is 12.7. The lowest BCUT2D eigenvalue weighted by Crippen LogP contribution is -2.39. The topological polar surface area (TPSA) is 119 Å². The van der Waals surface area contributed by atoms with E-state index >= 15 is 0 Å². The second-order valence-corrected chi connectivity index (χ2v) is 8.58. The molecule has 1 aromatic heterocycles. The number of aromatic nitrogens is 4. The molecule has 10 nitrogen and oxygen atoms in total. The second-order valence-electron chi connectivity index (χ2n) is 6.10. The van der Waals surface area contributed by atoms with Crippen molar-refractivity contribution in [2.24, 2.45) is 0 Å². The van der Waals surface area contributed by atoms with Gasteiger partial charge in [0.2, 0.25) is 0 Å². The number of hydrogen-bond donors (Lipinski definition) is 1. The number of para-hydroxylation sites is 1. The molecular formula is C16H11Cl2F3N6O4S. The molecule has 3 rings (SSSR count). The molecule has 0 spiro atoms. The second kappa shape index (κ2) is 8.44. The van der Waals surface area contributed by atoms with Crippen molar-refractivity contribution in [3.63, 3.8) is 0 Å². The Bertz CT molecular complexity index is 1320. The van der Waals surface area contributed by atoms with Crippen LogP contribution in [0.5, 0.6) is 0 Å². The summed E-state index contributed by atoms with van der Waals surface area (Å²) < 4.78 is 62.2. The fourth-order valence-corrected chi connectivity index (χ4v) is 3.54. The van der Waals surface area contributed by atoms with Crippen molar-refractivity contribution < 1.29 is 26.4 Å². The molecule has 0 radical (unpaired) electrons. The van der Waals surface area contributed by atoms with Gasteiger partial charge in [-0.15, -0.1) is 4.68 Å². The minimum Gasteiger partial charge on any atom is -0.295 e. The molecule has 0 saturated carbocycles. The largest absolute Gasteiger partial charge is 0.516 e. The molecule has 0 aliphatic carbocycles. The number of nitrogens with zero attached hydrogens (tertiary/aromatic N) is 5. The standard InChI is InChI=1S/C16H11Cl2F3N6O4S/c1-25(10-7-5-9(6-8-10)22-32(30,31)16(19,20)21)14(28)27-15(29)26(23-24-27)13-11(17)3-2-4-12(13)18/h2-8,22H,1H3. The summed E-state index contributed by atoms with van der Waals surface area (Å²) in [6.45, 7) is 0. The van der Waals surface area contributed by atoms with E-state index in [-0.39, 0.29) is 27.1 Å². The van der Waals surface area contributed by atoms with Gasteiger partial charge in [-0.1, -0.05) is 29.3 Å². The van der Waals surface area contributed by atoms with E-state index in [1.165, 1.54) is 23.9 Å². The molecule has 3 aromatic rings. The van der Waals surface area contributed by atoms with Crippen molar-refractivity contribution in [3.8, 4) is 5.69 Å². The van der Waals surface area contributed by atoms with Gasteiger partial charge in [-0.25, -0.2) is 9.59 Å². The van der Waals surface area contributed by atoms with Crippen LogP contribution in [0.25, 0.3) is 5.69 Å². The number of amides is 1. The highest BCUT2D eigenvalue weighted by atomic mass is 35.5. The van der Waals surface area contributed by atoms with Crippen LogP contribution in [0.15, 0.2) is 47.3 Å². The van der Waals surface area contributed by atoms with Crippen molar-refractivity contribution >= 4 is 50.6 Å². The lowest BCUT2D eigenvalue weighted by Gasteiger charge is -2.17. The summed E-state index contributed by atoms with van der Waals surface area (Å²) in [7, 11) is -4.34. The van der Waals surface area contributed by atoms with Crippen LogP contribution in [-0.4, -0.2) is 46.8 Å². The van der Waals surface area contributed by atoms with Crippen molar-refractivity contribution in [2.45, 2.75) is 5.51 Å². The van der Waals surface area contributed by atoms with Gasteiger partial charge in [-0.3, -0.25) is 9.62 Å². The Morgan fingerprint density at radius 1 is 1.06 bits per heavy atom. The summed E-state index contributed by atoms with van der Waals surface area (Å²) in [5, 5.41) is 7.28. The van der Waals surface area contributed by atoms with Crippen molar-refractivity contribution in [1.29, 1.82) is 0 Å². The molecule has 1 amide bonds. The molecule has 32 heavy (non-hydrogen) atoms. The molecule has 1 N–H and O–H groups in total. The Hall–Kier alpha value is -3.10. The Morgan fingerprint density at radius 2 is 1.62 bits per heavy atom. The minimum absolute atomic E-state index is 0.0174. The third-order valence-electron chi connectivity index (χ3n) is 4.01. The maximum Gasteiger partial charge on any atom is 0.516 e. The summed E-state index contributed by atoms with van der Waals surface area (Å²) in [6.07, 6.45) is 0. The summed E-state index contributed by atoms with van der Waals surface area (Å²) in [4.78, 5) is 26.2. The summed E-state index contributed by atoms with van der Waals surface area (Å²) >= 11 is 12.1. The lowest BCUT2D eigenvalue weighted by atomic mass is 10.3. The zero-order chi connectivity index (χ0) is 23.8. The normalized spacial score (nSPS) is 11.9. The lowest BCUT2D eigenvalue weighted by molar-refractivity contribution is -0.0429. The number of carbonyl (C=O) groups is 1. The van der Waals surface area contributed by atoms with Gasteiger partial charge in [0.1, 0.15) is 5.69 Å². The van der Waals surface area contributed by atoms with E-state index in [4.69, 9.17) is 23.2 Å². The number of alkyl halides is 3. The minimum atomic E-state index is -5.60. The summed E-state index contributed by atoms with van der Waals surface area (Å²) in [5.41, 5.74) is -6.73. The van der Waals surface area contributed by atoms with E-state index in [9.17, 15) is 31.2 Å². The van der Waals surface area contributed by atoms with Gasteiger partial charge >= 0.3 is 27.3 Å². The Morgan fingerprint density at radius 3 is 2.16 bits per heavy atom. The number of hydrogen-bond acceptors (Lipinski definition) is 6. The monoisotopic (exact) mass is 510 g/mol. The highest BCUT2D eigenvalue weighted by Gasteiger charge is 2.46. The molecule has 0 saturated heterocycles. The molecule has 170 valence electrons. The molecule has 1 heterocycles. The fraction of sp³-hybridized carbons (Fsp3) is 0.125. The van der Waals surface area contributed by atoms with E-state index in [0.29, 0.717) is 4.68 Å². The third kappa shape index (κ3) is 4.42. The van der Waals surface area contributed by atoms with Crippen LogP contribution in [0.1, 0.15) is 0 Å². The highest BCUT2D eigenvalue weighted by Crippen LogP contribution is 2.27. The van der Waals surface area contributed by atoms with E-state index in [0.717, 1.165) is 33.8 Å². The van der Waals surface area contributed by atoms with Crippen LogP contribution in [-0.2, 0) is 10.0 Å². The van der Waals surface area contributed by atoms with Crippen LogP contribution >= 0.6 is 23.2 Å². The Labute approximate surface area is 187 Å². The molecule has 2 aromatic carbocycles. The summed E-state index contributed by atoms with van der Waals surface area (Å²) in [5.74, 6) is 0. The van der Waals surface area contributed by atoms with Gasteiger partial charge < -0.3 is 0 Å². The molecule has 16 heteroatoms. The fourth-order valence-electron chi connectivity index (χ4n) is 2.42. The van der Waals surface area contributed by atoms with E-state index in [2.05, 4.69) is 10.4 Å².